The van der Waals surface area contributed by atoms with Crippen LogP contribution < -0.4 is 5.32 Å². The number of unbranched alkanes of at least 4 members (excludes halogenated alkanes) is 53. The first-order chi connectivity index (χ1) is 40.5. The molecule has 82 heavy (non-hydrogen) atoms. The van der Waals surface area contributed by atoms with E-state index in [1.165, 1.54) is 327 Å². The molecular weight excluding hydrogens is 1010 g/mol. The number of ether oxygens (including phenoxy) is 1. The molecule has 0 rings (SSSR count). The number of esters is 1. The van der Waals surface area contributed by atoms with Crippen LogP contribution in [0.15, 0.2) is 36.5 Å². The predicted molar refractivity (Wildman–Crippen MR) is 361 cm³/mol. The number of hydrogen-bond donors (Lipinski definition) is 3. The molecule has 0 fully saturated rings. The number of allylic oxidation sites excluding steroid dienone is 6. The second kappa shape index (κ2) is 71.6. The smallest absolute Gasteiger partial charge is 0.305 e. The van der Waals surface area contributed by atoms with Gasteiger partial charge in [0.05, 0.1) is 25.4 Å². The molecule has 1 amide bonds. The molecule has 2 atom stereocenters. The van der Waals surface area contributed by atoms with E-state index in [0.29, 0.717) is 25.9 Å². The van der Waals surface area contributed by atoms with E-state index < -0.39 is 12.1 Å². The standard InChI is InChI=1S/C76H145NO5/c1-3-5-7-9-11-13-15-17-18-19-20-21-22-26-29-32-35-38-41-45-48-52-56-60-64-68-74(79)73(72-78)77-75(80)69-65-61-57-53-49-46-42-39-36-33-30-27-24-23-25-28-31-34-37-40-43-47-51-55-59-63-67-71-82-76(81)70-66-62-58-54-50-44-16-14-12-10-8-6-4-2/h8,10,14,16,23-24,73-74,78-79H,3-7,9,11-13,15,17-22,25-72H2,1-2H3,(H,77,80)/b10-8-,16-14-,24-23-. The van der Waals surface area contributed by atoms with Crippen LogP contribution in [0.3, 0.4) is 0 Å². The molecule has 0 saturated heterocycles. The summed E-state index contributed by atoms with van der Waals surface area (Å²) in [7, 11) is 0. The van der Waals surface area contributed by atoms with Gasteiger partial charge in [0.25, 0.3) is 0 Å². The molecule has 0 saturated carbocycles. The van der Waals surface area contributed by atoms with Gasteiger partial charge < -0.3 is 20.3 Å². The van der Waals surface area contributed by atoms with Crippen molar-refractivity contribution in [3.63, 3.8) is 0 Å². The van der Waals surface area contributed by atoms with Crippen molar-refractivity contribution in [3.8, 4) is 0 Å². The van der Waals surface area contributed by atoms with Gasteiger partial charge in [-0.15, -0.1) is 0 Å². The fraction of sp³-hybridized carbons (Fsp3) is 0.895. The van der Waals surface area contributed by atoms with Crippen LogP contribution in [-0.2, 0) is 14.3 Å². The molecule has 0 aliphatic heterocycles. The molecule has 0 spiro atoms. The molecule has 0 aromatic carbocycles. The van der Waals surface area contributed by atoms with Gasteiger partial charge in [-0.3, -0.25) is 9.59 Å². The zero-order chi connectivity index (χ0) is 59.2. The third kappa shape index (κ3) is 67.2. The molecule has 0 aliphatic rings. The zero-order valence-electron chi connectivity index (χ0n) is 55.5. The Balaban J connectivity index is 3.39. The number of carbonyl (C=O) groups is 2. The Morgan fingerprint density at radius 1 is 0.341 bits per heavy atom. The van der Waals surface area contributed by atoms with Crippen molar-refractivity contribution < 1.29 is 24.5 Å². The quantitative estimate of drug-likeness (QED) is 0.0320. The third-order valence-corrected chi connectivity index (χ3v) is 17.4. The Morgan fingerprint density at radius 3 is 0.988 bits per heavy atom. The fourth-order valence-electron chi connectivity index (χ4n) is 11.7. The molecule has 6 heteroatoms. The number of aliphatic hydroxyl groups is 2. The number of rotatable bonds is 70. The molecule has 3 N–H and O–H groups in total. The van der Waals surface area contributed by atoms with Gasteiger partial charge in [-0.1, -0.05) is 359 Å². The summed E-state index contributed by atoms with van der Waals surface area (Å²) in [5, 5.41) is 23.5. The largest absolute Gasteiger partial charge is 0.466 e. The van der Waals surface area contributed by atoms with Crippen LogP contribution in [0.25, 0.3) is 0 Å². The summed E-state index contributed by atoms with van der Waals surface area (Å²) in [6.45, 7) is 4.92. The van der Waals surface area contributed by atoms with Crippen LogP contribution in [0, 0.1) is 0 Å². The van der Waals surface area contributed by atoms with Crippen LogP contribution in [-0.4, -0.2) is 47.4 Å². The average Bonchev–Trinajstić information content (AvgIpc) is 3.48. The van der Waals surface area contributed by atoms with Crippen LogP contribution >= 0.6 is 0 Å². The van der Waals surface area contributed by atoms with E-state index in [0.717, 1.165) is 51.4 Å². The maximum Gasteiger partial charge on any atom is 0.305 e. The van der Waals surface area contributed by atoms with Gasteiger partial charge >= 0.3 is 5.97 Å². The number of aliphatic hydroxyl groups excluding tert-OH is 2. The van der Waals surface area contributed by atoms with E-state index in [9.17, 15) is 19.8 Å². The summed E-state index contributed by atoms with van der Waals surface area (Å²) >= 11 is 0. The number of amides is 1. The van der Waals surface area contributed by atoms with Crippen LogP contribution in [0.5, 0.6) is 0 Å². The maximum atomic E-state index is 12.6. The van der Waals surface area contributed by atoms with E-state index in [2.05, 4.69) is 55.6 Å². The van der Waals surface area contributed by atoms with Gasteiger partial charge in [0.2, 0.25) is 5.91 Å². The van der Waals surface area contributed by atoms with Crippen LogP contribution in [0.2, 0.25) is 0 Å². The van der Waals surface area contributed by atoms with Gasteiger partial charge in [-0.2, -0.15) is 0 Å². The molecule has 0 aliphatic carbocycles. The molecule has 0 heterocycles. The fourth-order valence-corrected chi connectivity index (χ4v) is 11.7. The molecule has 0 bridgehead atoms. The van der Waals surface area contributed by atoms with E-state index in [1.54, 1.807) is 0 Å². The van der Waals surface area contributed by atoms with Crippen molar-refractivity contribution >= 4 is 11.9 Å². The van der Waals surface area contributed by atoms with Gasteiger partial charge in [-0.05, 0) is 77.0 Å². The van der Waals surface area contributed by atoms with Gasteiger partial charge in [0.15, 0.2) is 0 Å². The minimum absolute atomic E-state index is 0.000337. The number of hydrogen-bond acceptors (Lipinski definition) is 5. The Morgan fingerprint density at radius 2 is 0.634 bits per heavy atom. The van der Waals surface area contributed by atoms with Crippen LogP contribution in [0.1, 0.15) is 412 Å². The van der Waals surface area contributed by atoms with Crippen LogP contribution in [0.4, 0.5) is 0 Å². The van der Waals surface area contributed by atoms with Crippen molar-refractivity contribution in [2.75, 3.05) is 13.2 Å². The second-order valence-corrected chi connectivity index (χ2v) is 25.6. The topological polar surface area (TPSA) is 95.9 Å². The molecule has 2 unspecified atom stereocenters. The molecule has 0 aromatic rings. The molecular formula is C76H145NO5. The Labute approximate surface area is 513 Å². The van der Waals surface area contributed by atoms with E-state index in [-0.39, 0.29) is 18.5 Å². The van der Waals surface area contributed by atoms with Gasteiger partial charge in [0.1, 0.15) is 0 Å². The minimum Gasteiger partial charge on any atom is -0.466 e. The first-order valence-electron chi connectivity index (χ1n) is 37.2. The normalized spacial score (nSPS) is 12.7. The Kier molecular flexibility index (Phi) is 69.9. The highest BCUT2D eigenvalue weighted by molar-refractivity contribution is 5.76. The summed E-state index contributed by atoms with van der Waals surface area (Å²) in [5.74, 6) is -0.0307. The highest BCUT2D eigenvalue weighted by Crippen LogP contribution is 2.19. The maximum absolute atomic E-state index is 12.6. The van der Waals surface area contributed by atoms with Crippen molar-refractivity contribution in [3.05, 3.63) is 36.5 Å². The first-order valence-corrected chi connectivity index (χ1v) is 37.2. The van der Waals surface area contributed by atoms with Gasteiger partial charge in [0, 0.05) is 12.8 Å². The average molecular weight is 1150 g/mol. The monoisotopic (exact) mass is 1150 g/mol. The van der Waals surface area contributed by atoms with Crippen molar-refractivity contribution in [2.45, 2.75) is 424 Å². The lowest BCUT2D eigenvalue weighted by molar-refractivity contribution is -0.143. The lowest BCUT2D eigenvalue weighted by atomic mass is 10.0. The zero-order valence-corrected chi connectivity index (χ0v) is 55.5. The molecule has 6 nitrogen and oxygen atoms in total. The number of nitrogens with one attached hydrogen (secondary N) is 1. The van der Waals surface area contributed by atoms with Crippen molar-refractivity contribution in [2.24, 2.45) is 0 Å². The van der Waals surface area contributed by atoms with E-state index in [4.69, 9.17) is 4.74 Å². The molecule has 484 valence electrons. The first kappa shape index (κ1) is 80.1. The summed E-state index contributed by atoms with van der Waals surface area (Å²) in [6, 6.07) is -0.544. The predicted octanol–water partition coefficient (Wildman–Crippen LogP) is 24.3. The molecule has 0 aromatic heterocycles. The lowest BCUT2D eigenvalue weighted by Gasteiger charge is -2.22. The Hall–Kier alpha value is -1.92. The van der Waals surface area contributed by atoms with E-state index in [1.807, 2.05) is 0 Å². The van der Waals surface area contributed by atoms with Crippen molar-refractivity contribution in [1.29, 1.82) is 0 Å². The second-order valence-electron chi connectivity index (χ2n) is 25.6. The highest BCUT2D eigenvalue weighted by Gasteiger charge is 2.20. The Bertz CT molecular complexity index is 1330. The van der Waals surface area contributed by atoms with E-state index >= 15 is 0 Å². The molecule has 0 radical (unpaired) electrons. The summed E-state index contributed by atoms with van der Waals surface area (Å²) in [4.78, 5) is 24.6. The minimum atomic E-state index is -0.667. The number of carbonyl (C=O) groups excluding carboxylic acids is 2. The summed E-state index contributed by atoms with van der Waals surface area (Å²) in [6.07, 6.45) is 92.1. The van der Waals surface area contributed by atoms with Crippen molar-refractivity contribution in [1.82, 2.24) is 5.32 Å². The SMILES string of the molecule is CCC/C=C\C/C=C\CCCCCCCC(=O)OCCCCCCCCCCCCCC/C=C\CCCCCCCCCCCCCC(=O)NC(CO)C(O)CCCCCCCCCCCCCCCCCCCCCCCCCCC. The third-order valence-electron chi connectivity index (χ3n) is 17.4. The lowest BCUT2D eigenvalue weighted by Crippen LogP contribution is -2.45. The summed E-state index contributed by atoms with van der Waals surface area (Å²) < 4.78 is 5.48. The summed E-state index contributed by atoms with van der Waals surface area (Å²) in [5.41, 5.74) is 0. The van der Waals surface area contributed by atoms with Gasteiger partial charge in [-0.25, -0.2) is 0 Å². The highest BCUT2D eigenvalue weighted by atomic mass is 16.5.